The van der Waals surface area contributed by atoms with E-state index in [-0.39, 0.29) is 17.4 Å². The average molecular weight is 455 g/mol. The van der Waals surface area contributed by atoms with Crippen LogP contribution in [0.3, 0.4) is 0 Å². The van der Waals surface area contributed by atoms with E-state index in [9.17, 15) is 4.79 Å². The third-order valence-corrected chi connectivity index (χ3v) is 5.14. The maximum atomic E-state index is 13.2. The highest BCUT2D eigenvalue weighted by Gasteiger charge is 2.23. The molecule has 0 fully saturated rings. The van der Waals surface area contributed by atoms with Gasteiger partial charge < -0.3 is 15.8 Å². The summed E-state index contributed by atoms with van der Waals surface area (Å²) in [6, 6.07) is 26.6. The first-order valence-corrected chi connectivity index (χ1v) is 10.9. The summed E-state index contributed by atoms with van der Waals surface area (Å²) < 4.78 is 5.46. The highest BCUT2D eigenvalue weighted by atomic mass is 16.5. The minimum atomic E-state index is -0.501. The van der Waals surface area contributed by atoms with Gasteiger partial charge in [0.05, 0.1) is 12.5 Å². The summed E-state index contributed by atoms with van der Waals surface area (Å²) in [6.07, 6.45) is 1.37. The van der Waals surface area contributed by atoms with Crippen LogP contribution in [0.15, 0.2) is 91.3 Å². The topological polar surface area (TPSA) is 114 Å². The Morgan fingerprint density at radius 1 is 0.882 bits per heavy atom. The van der Waals surface area contributed by atoms with Crippen LogP contribution < -0.4 is 26.6 Å². The molecule has 0 saturated heterocycles. The fourth-order valence-corrected chi connectivity index (χ4v) is 3.51. The monoisotopic (exact) mass is 454 g/mol. The number of nitrogens with one attached hydrogen (secondary N) is 3. The number of nitrogen functional groups attached to an aromatic ring is 1. The minimum Gasteiger partial charge on any atom is -0.494 e. The van der Waals surface area contributed by atoms with Crippen LogP contribution in [-0.4, -0.2) is 22.5 Å². The van der Waals surface area contributed by atoms with E-state index in [0.717, 1.165) is 22.6 Å². The summed E-state index contributed by atoms with van der Waals surface area (Å²) in [4.78, 5) is 21.6. The number of hydrazine groups is 1. The Morgan fingerprint density at radius 3 is 2.06 bits per heavy atom. The molecule has 1 aromatic heterocycles. The number of carbonyl (C=O) groups excluding carboxylic acids is 1. The van der Waals surface area contributed by atoms with Crippen molar-refractivity contribution in [3.63, 3.8) is 0 Å². The van der Waals surface area contributed by atoms with E-state index in [1.165, 1.54) is 6.33 Å². The number of anilines is 4. The van der Waals surface area contributed by atoms with Crippen molar-refractivity contribution in [1.82, 2.24) is 15.4 Å². The number of nitrogens with zero attached hydrogens (tertiary/aromatic N) is 2. The van der Waals surface area contributed by atoms with Gasteiger partial charge in [-0.1, -0.05) is 60.7 Å². The number of ether oxygens (including phenoxy) is 1. The SMILES string of the molecule is CCOc1ccc(Nc2ncnc(NNC(=O)C(c3ccccc3)c3ccccc3)c2N)cc1. The summed E-state index contributed by atoms with van der Waals surface area (Å²) in [5, 5.41) is 3.16. The van der Waals surface area contributed by atoms with Crippen LogP contribution >= 0.6 is 0 Å². The van der Waals surface area contributed by atoms with Crippen molar-refractivity contribution in [1.29, 1.82) is 0 Å². The van der Waals surface area contributed by atoms with E-state index in [1.807, 2.05) is 91.9 Å². The van der Waals surface area contributed by atoms with E-state index in [1.54, 1.807) is 0 Å². The molecule has 4 aromatic rings. The zero-order chi connectivity index (χ0) is 23.8. The van der Waals surface area contributed by atoms with E-state index >= 15 is 0 Å². The van der Waals surface area contributed by atoms with Gasteiger partial charge in [0.1, 0.15) is 17.8 Å². The number of hydrogen-bond acceptors (Lipinski definition) is 7. The fourth-order valence-electron chi connectivity index (χ4n) is 3.51. The summed E-state index contributed by atoms with van der Waals surface area (Å²) in [5.74, 6) is 0.742. The van der Waals surface area contributed by atoms with E-state index in [2.05, 4.69) is 26.1 Å². The first kappa shape index (κ1) is 22.6. The molecule has 8 nitrogen and oxygen atoms in total. The summed E-state index contributed by atoms with van der Waals surface area (Å²) >= 11 is 0. The van der Waals surface area contributed by atoms with Gasteiger partial charge in [-0.15, -0.1) is 0 Å². The molecule has 0 bridgehead atoms. The highest BCUT2D eigenvalue weighted by Crippen LogP contribution is 2.28. The maximum Gasteiger partial charge on any atom is 0.250 e. The van der Waals surface area contributed by atoms with Crippen molar-refractivity contribution in [2.45, 2.75) is 12.8 Å². The number of rotatable bonds is 9. The molecule has 0 aliphatic heterocycles. The molecule has 5 N–H and O–H groups in total. The van der Waals surface area contributed by atoms with Crippen LogP contribution in [0.25, 0.3) is 0 Å². The quantitative estimate of drug-likeness (QED) is 0.276. The van der Waals surface area contributed by atoms with Crippen molar-refractivity contribution in [3.8, 4) is 5.75 Å². The number of aromatic nitrogens is 2. The van der Waals surface area contributed by atoms with Gasteiger partial charge in [0, 0.05) is 5.69 Å². The normalized spacial score (nSPS) is 10.5. The second-order valence-corrected chi connectivity index (χ2v) is 7.44. The van der Waals surface area contributed by atoms with Gasteiger partial charge in [0.15, 0.2) is 11.6 Å². The molecule has 0 aliphatic carbocycles. The number of nitrogens with two attached hydrogens (primary N) is 1. The molecule has 4 rings (SSSR count). The minimum absolute atomic E-state index is 0.239. The molecule has 1 amide bonds. The van der Waals surface area contributed by atoms with Crippen LogP contribution in [0.5, 0.6) is 5.75 Å². The molecule has 8 heteroatoms. The predicted molar refractivity (Wildman–Crippen MR) is 134 cm³/mol. The van der Waals surface area contributed by atoms with Crippen LogP contribution in [0.2, 0.25) is 0 Å². The Bertz CT molecular complexity index is 1180. The Kier molecular flexibility index (Phi) is 7.19. The van der Waals surface area contributed by atoms with Gasteiger partial charge in [0.2, 0.25) is 5.91 Å². The number of carbonyl (C=O) groups is 1. The largest absolute Gasteiger partial charge is 0.494 e. The van der Waals surface area contributed by atoms with Crippen LogP contribution in [0.4, 0.5) is 23.0 Å². The van der Waals surface area contributed by atoms with Crippen molar-refractivity contribution >= 4 is 28.9 Å². The van der Waals surface area contributed by atoms with E-state index < -0.39 is 5.92 Å². The molecule has 0 radical (unpaired) electrons. The van der Waals surface area contributed by atoms with Gasteiger partial charge in [-0.3, -0.25) is 15.6 Å². The van der Waals surface area contributed by atoms with E-state index in [0.29, 0.717) is 12.4 Å². The zero-order valence-corrected chi connectivity index (χ0v) is 18.7. The molecule has 0 atom stereocenters. The Hall–Kier alpha value is -4.59. The Labute approximate surface area is 198 Å². The van der Waals surface area contributed by atoms with Gasteiger partial charge in [-0.05, 0) is 42.3 Å². The predicted octanol–water partition coefficient (Wildman–Crippen LogP) is 4.48. The first-order valence-electron chi connectivity index (χ1n) is 10.9. The van der Waals surface area contributed by atoms with Crippen LogP contribution in [-0.2, 0) is 4.79 Å². The third-order valence-electron chi connectivity index (χ3n) is 5.14. The van der Waals surface area contributed by atoms with Crippen molar-refractivity contribution in [2.75, 3.05) is 23.1 Å². The highest BCUT2D eigenvalue weighted by molar-refractivity contribution is 5.89. The lowest BCUT2D eigenvalue weighted by atomic mass is 9.91. The molecule has 0 saturated carbocycles. The van der Waals surface area contributed by atoms with Crippen molar-refractivity contribution < 1.29 is 9.53 Å². The van der Waals surface area contributed by atoms with Gasteiger partial charge in [0.25, 0.3) is 0 Å². The zero-order valence-electron chi connectivity index (χ0n) is 18.7. The number of benzene rings is 3. The number of amides is 1. The van der Waals surface area contributed by atoms with Crippen molar-refractivity contribution in [2.24, 2.45) is 0 Å². The lowest BCUT2D eigenvalue weighted by Gasteiger charge is -2.19. The smallest absolute Gasteiger partial charge is 0.250 e. The molecular weight excluding hydrogens is 428 g/mol. The second kappa shape index (κ2) is 10.8. The third kappa shape index (κ3) is 5.42. The maximum absolute atomic E-state index is 13.2. The van der Waals surface area contributed by atoms with Crippen LogP contribution in [0, 0.1) is 0 Å². The molecule has 172 valence electrons. The summed E-state index contributed by atoms with van der Waals surface area (Å²) in [7, 11) is 0. The Morgan fingerprint density at radius 2 is 1.47 bits per heavy atom. The standard InChI is InChI=1S/C26H26N6O2/c1-2-34-21-15-13-20(14-16-21)30-24-23(27)25(29-17-28-24)31-32-26(33)22(18-9-5-3-6-10-18)19-11-7-4-8-12-19/h3-17,22H,2,27H2,1H3,(H,32,33)(H2,28,29,30,31). The molecule has 0 spiro atoms. The molecule has 3 aromatic carbocycles. The Balaban J connectivity index is 1.48. The number of hydrogen-bond donors (Lipinski definition) is 4. The van der Waals surface area contributed by atoms with Gasteiger partial charge in [-0.2, -0.15) is 0 Å². The molecular formula is C26H26N6O2. The fraction of sp³-hybridized carbons (Fsp3) is 0.115. The average Bonchev–Trinajstić information content (AvgIpc) is 2.87. The van der Waals surface area contributed by atoms with Crippen LogP contribution in [0.1, 0.15) is 24.0 Å². The molecule has 0 aliphatic rings. The van der Waals surface area contributed by atoms with Gasteiger partial charge in [-0.25, -0.2) is 9.97 Å². The van der Waals surface area contributed by atoms with Crippen molar-refractivity contribution in [3.05, 3.63) is 102 Å². The van der Waals surface area contributed by atoms with E-state index in [4.69, 9.17) is 10.5 Å². The summed E-state index contributed by atoms with van der Waals surface area (Å²) in [5.41, 5.74) is 14.7. The first-order chi connectivity index (χ1) is 16.7. The summed E-state index contributed by atoms with van der Waals surface area (Å²) in [6.45, 7) is 2.53. The second-order valence-electron chi connectivity index (χ2n) is 7.44. The van der Waals surface area contributed by atoms with Gasteiger partial charge >= 0.3 is 0 Å². The molecule has 0 unspecified atom stereocenters. The lowest BCUT2D eigenvalue weighted by Crippen LogP contribution is -2.35. The molecule has 1 heterocycles. The molecule has 34 heavy (non-hydrogen) atoms. The lowest BCUT2D eigenvalue weighted by molar-refractivity contribution is -0.121.